The summed E-state index contributed by atoms with van der Waals surface area (Å²) in [7, 11) is 0. The number of nitrogens with zero attached hydrogens (tertiary/aromatic N) is 3. The summed E-state index contributed by atoms with van der Waals surface area (Å²) in [5, 5.41) is 4.22. The fourth-order valence-electron chi connectivity index (χ4n) is 2.48. The molecule has 0 atom stereocenters. The molecule has 0 saturated carbocycles. The number of para-hydroxylation sites is 1. The van der Waals surface area contributed by atoms with Gasteiger partial charge in [0.2, 0.25) is 0 Å². The quantitative estimate of drug-likeness (QED) is 0.656. The molecule has 8 heteroatoms. The van der Waals surface area contributed by atoms with E-state index in [1.54, 1.807) is 19.1 Å². The van der Waals surface area contributed by atoms with Gasteiger partial charge in [-0.3, -0.25) is 4.98 Å². The van der Waals surface area contributed by atoms with Gasteiger partial charge < -0.3 is 4.74 Å². The highest BCUT2D eigenvalue weighted by Crippen LogP contribution is 2.34. The number of aromatic nitrogens is 3. The zero-order valence-corrected chi connectivity index (χ0v) is 13.7. The highest BCUT2D eigenvalue weighted by Gasteiger charge is 2.35. The van der Waals surface area contributed by atoms with Gasteiger partial charge in [0, 0.05) is 18.0 Å². The maximum atomic E-state index is 13.4. The van der Waals surface area contributed by atoms with Gasteiger partial charge in [0.05, 0.1) is 23.6 Å². The van der Waals surface area contributed by atoms with E-state index in [4.69, 9.17) is 4.74 Å². The summed E-state index contributed by atoms with van der Waals surface area (Å²) in [6.45, 7) is 1.71. The molecule has 0 unspecified atom stereocenters. The Labute approximate surface area is 147 Å². The van der Waals surface area contributed by atoms with Crippen LogP contribution in [0.15, 0.2) is 54.9 Å². The molecule has 0 saturated heterocycles. The third-order valence-corrected chi connectivity index (χ3v) is 3.61. The molecule has 3 rings (SSSR count). The molecule has 5 nitrogen and oxygen atoms in total. The van der Waals surface area contributed by atoms with Crippen molar-refractivity contribution in [1.29, 1.82) is 0 Å². The number of alkyl halides is 3. The highest BCUT2D eigenvalue weighted by molar-refractivity contribution is 5.90. The van der Waals surface area contributed by atoms with E-state index >= 15 is 0 Å². The van der Waals surface area contributed by atoms with Gasteiger partial charge in [0.25, 0.3) is 0 Å². The Morgan fingerprint density at radius 1 is 1.15 bits per heavy atom. The van der Waals surface area contributed by atoms with Crippen LogP contribution in [0.3, 0.4) is 0 Å². The minimum Gasteiger partial charge on any atom is -0.461 e. The summed E-state index contributed by atoms with van der Waals surface area (Å²) in [6.07, 6.45) is -1.53. The van der Waals surface area contributed by atoms with Crippen LogP contribution in [0.1, 0.15) is 23.0 Å². The fourth-order valence-corrected chi connectivity index (χ4v) is 2.48. The van der Waals surface area contributed by atoms with E-state index in [0.717, 1.165) is 10.7 Å². The molecule has 134 valence electrons. The molecule has 0 aliphatic carbocycles. The Hall–Kier alpha value is -3.16. The van der Waals surface area contributed by atoms with Gasteiger partial charge in [-0.05, 0) is 37.3 Å². The highest BCUT2D eigenvalue weighted by atomic mass is 19.4. The second kappa shape index (κ2) is 6.99. The Balaban J connectivity index is 2.21. The predicted molar refractivity (Wildman–Crippen MR) is 87.8 cm³/mol. The number of halogens is 3. The van der Waals surface area contributed by atoms with Crippen LogP contribution in [0.5, 0.6) is 0 Å². The van der Waals surface area contributed by atoms with E-state index in [9.17, 15) is 18.0 Å². The van der Waals surface area contributed by atoms with Crippen molar-refractivity contribution in [1.82, 2.24) is 14.8 Å². The molecule has 0 radical (unpaired) electrons. The number of hydrogen-bond donors (Lipinski definition) is 0. The van der Waals surface area contributed by atoms with Gasteiger partial charge in [-0.15, -0.1) is 0 Å². The van der Waals surface area contributed by atoms with Crippen molar-refractivity contribution in [2.24, 2.45) is 0 Å². The third kappa shape index (κ3) is 3.44. The number of ether oxygens (including phenoxy) is 1. The standard InChI is InChI=1S/C18H14F3N3O2/c1-2-26-17(25)16-11-14(12-7-9-22-10-8-12)23-24(16)15-6-4-3-5-13(15)18(19,20)21/h3-11H,2H2,1H3. The maximum Gasteiger partial charge on any atom is 0.418 e. The molecule has 1 aromatic carbocycles. The van der Waals surface area contributed by atoms with E-state index in [0.29, 0.717) is 11.3 Å². The minimum absolute atomic E-state index is 0.0876. The van der Waals surface area contributed by atoms with Crippen LogP contribution in [-0.4, -0.2) is 27.3 Å². The zero-order valence-electron chi connectivity index (χ0n) is 13.7. The molecule has 3 aromatic rings. The zero-order chi connectivity index (χ0) is 18.7. The van der Waals surface area contributed by atoms with Crippen molar-refractivity contribution in [3.05, 3.63) is 66.1 Å². The summed E-state index contributed by atoms with van der Waals surface area (Å²) >= 11 is 0. The number of pyridine rings is 1. The Morgan fingerprint density at radius 2 is 1.85 bits per heavy atom. The van der Waals surface area contributed by atoms with Crippen molar-refractivity contribution in [2.45, 2.75) is 13.1 Å². The Bertz CT molecular complexity index is 921. The first-order chi connectivity index (χ1) is 12.4. The minimum atomic E-state index is -4.59. The third-order valence-electron chi connectivity index (χ3n) is 3.61. The van der Waals surface area contributed by atoms with Crippen LogP contribution >= 0.6 is 0 Å². The molecular weight excluding hydrogens is 347 g/mol. The van der Waals surface area contributed by atoms with Crippen molar-refractivity contribution in [3.8, 4) is 16.9 Å². The number of hydrogen-bond acceptors (Lipinski definition) is 4. The number of carbonyl (C=O) groups excluding carboxylic acids is 1. The van der Waals surface area contributed by atoms with Gasteiger partial charge in [-0.1, -0.05) is 12.1 Å². The van der Waals surface area contributed by atoms with Crippen LogP contribution in [0.2, 0.25) is 0 Å². The second-order valence-electron chi connectivity index (χ2n) is 5.30. The van der Waals surface area contributed by atoms with Crippen LogP contribution < -0.4 is 0 Å². The van der Waals surface area contributed by atoms with E-state index in [2.05, 4.69) is 10.1 Å². The maximum absolute atomic E-state index is 13.4. The first-order valence-corrected chi connectivity index (χ1v) is 7.76. The van der Waals surface area contributed by atoms with Crippen molar-refractivity contribution in [3.63, 3.8) is 0 Å². The van der Waals surface area contributed by atoms with Gasteiger partial charge in [-0.25, -0.2) is 9.48 Å². The Kier molecular flexibility index (Phi) is 4.75. The second-order valence-corrected chi connectivity index (χ2v) is 5.30. The van der Waals surface area contributed by atoms with Crippen LogP contribution in [0, 0.1) is 0 Å². The molecule has 0 N–H and O–H groups in total. The van der Waals surface area contributed by atoms with Crippen molar-refractivity contribution < 1.29 is 22.7 Å². The number of esters is 1. The fraction of sp³-hybridized carbons (Fsp3) is 0.167. The summed E-state index contributed by atoms with van der Waals surface area (Å²) in [4.78, 5) is 16.2. The van der Waals surface area contributed by atoms with Crippen molar-refractivity contribution >= 4 is 5.97 Å². The Morgan fingerprint density at radius 3 is 2.50 bits per heavy atom. The molecule has 0 bridgehead atoms. The first-order valence-electron chi connectivity index (χ1n) is 7.76. The van der Waals surface area contributed by atoms with Crippen LogP contribution in [0.25, 0.3) is 16.9 Å². The molecule has 2 heterocycles. The molecule has 0 spiro atoms. The number of rotatable bonds is 4. The largest absolute Gasteiger partial charge is 0.461 e. The molecule has 0 fully saturated rings. The molecule has 0 amide bonds. The summed E-state index contributed by atoms with van der Waals surface area (Å²) in [5.41, 5.74) is -0.269. The van der Waals surface area contributed by atoms with E-state index in [1.807, 2.05) is 0 Å². The molecule has 0 aliphatic heterocycles. The average molecular weight is 361 g/mol. The number of carbonyl (C=O) groups is 1. The van der Waals surface area contributed by atoms with Gasteiger partial charge in [-0.2, -0.15) is 18.3 Å². The normalized spacial score (nSPS) is 11.4. The topological polar surface area (TPSA) is 57.0 Å². The number of benzene rings is 1. The molecular formula is C18H14F3N3O2. The van der Waals surface area contributed by atoms with Gasteiger partial charge in [0.15, 0.2) is 5.69 Å². The van der Waals surface area contributed by atoms with Crippen LogP contribution in [0.4, 0.5) is 13.2 Å². The smallest absolute Gasteiger partial charge is 0.418 e. The summed E-state index contributed by atoms with van der Waals surface area (Å²) < 4.78 is 46.1. The molecule has 0 aliphatic rings. The molecule has 26 heavy (non-hydrogen) atoms. The van der Waals surface area contributed by atoms with Crippen LogP contribution in [-0.2, 0) is 10.9 Å². The van der Waals surface area contributed by atoms with E-state index in [-0.39, 0.29) is 18.0 Å². The van der Waals surface area contributed by atoms with Gasteiger partial charge >= 0.3 is 12.1 Å². The monoisotopic (exact) mass is 361 g/mol. The predicted octanol–water partition coefficient (Wildman–Crippen LogP) is 4.13. The van der Waals surface area contributed by atoms with E-state index < -0.39 is 17.7 Å². The summed E-state index contributed by atoms with van der Waals surface area (Å²) in [5.74, 6) is -0.753. The lowest BCUT2D eigenvalue weighted by Crippen LogP contribution is -2.16. The SMILES string of the molecule is CCOC(=O)c1cc(-c2ccncc2)nn1-c1ccccc1C(F)(F)F. The van der Waals surface area contributed by atoms with E-state index in [1.165, 1.54) is 36.7 Å². The van der Waals surface area contributed by atoms with Gasteiger partial charge in [0.1, 0.15) is 0 Å². The van der Waals surface area contributed by atoms with Crippen molar-refractivity contribution in [2.75, 3.05) is 6.61 Å². The lowest BCUT2D eigenvalue weighted by atomic mass is 10.1. The average Bonchev–Trinajstić information content (AvgIpc) is 3.07. The first kappa shape index (κ1) is 17.7. The molecule has 2 aromatic heterocycles. The lowest BCUT2D eigenvalue weighted by Gasteiger charge is -2.14. The summed E-state index contributed by atoms with van der Waals surface area (Å²) in [6, 6.07) is 9.64. The lowest BCUT2D eigenvalue weighted by molar-refractivity contribution is -0.137.